The van der Waals surface area contributed by atoms with E-state index in [0.29, 0.717) is 17.3 Å². The Morgan fingerprint density at radius 2 is 2.24 bits per heavy atom. The van der Waals surface area contributed by atoms with E-state index in [-0.39, 0.29) is 5.69 Å². The summed E-state index contributed by atoms with van der Waals surface area (Å²) in [5.74, 6) is 1.40. The lowest BCUT2D eigenvalue weighted by Gasteiger charge is -2.07. The van der Waals surface area contributed by atoms with Gasteiger partial charge in [-0.25, -0.2) is 4.98 Å². The third-order valence-corrected chi connectivity index (χ3v) is 2.54. The van der Waals surface area contributed by atoms with E-state index in [1.54, 1.807) is 13.0 Å². The molecule has 1 rings (SSSR count). The van der Waals surface area contributed by atoms with Gasteiger partial charge in [-0.1, -0.05) is 13.8 Å². The molecule has 0 saturated heterocycles. The fourth-order valence-corrected chi connectivity index (χ4v) is 1.56. The number of aromatic nitrogens is 1. The molecular weight excluding hydrogens is 218 g/mol. The van der Waals surface area contributed by atoms with Crippen molar-refractivity contribution in [2.45, 2.75) is 33.6 Å². The summed E-state index contributed by atoms with van der Waals surface area (Å²) in [4.78, 5) is 14.2. The fraction of sp³-hybridized carbons (Fsp3) is 0.583. The van der Waals surface area contributed by atoms with Gasteiger partial charge in [-0.05, 0) is 31.7 Å². The summed E-state index contributed by atoms with van der Waals surface area (Å²) in [6.45, 7) is 6.95. The van der Waals surface area contributed by atoms with Crippen molar-refractivity contribution in [3.63, 3.8) is 0 Å². The molecule has 1 heterocycles. The first-order valence-electron chi connectivity index (χ1n) is 5.85. The van der Waals surface area contributed by atoms with Gasteiger partial charge < -0.3 is 5.32 Å². The molecule has 0 saturated carbocycles. The summed E-state index contributed by atoms with van der Waals surface area (Å²) >= 11 is 0. The van der Waals surface area contributed by atoms with E-state index >= 15 is 0 Å². The Hall–Kier alpha value is -1.65. The molecule has 0 atom stereocenters. The Morgan fingerprint density at radius 3 is 2.76 bits per heavy atom. The average Bonchev–Trinajstić information content (AvgIpc) is 2.23. The number of nitrogens with one attached hydrogen (secondary N) is 1. The van der Waals surface area contributed by atoms with Crippen LogP contribution in [0, 0.1) is 23.0 Å². The molecule has 1 aromatic rings. The van der Waals surface area contributed by atoms with Crippen LogP contribution in [-0.2, 0) is 0 Å². The molecule has 5 nitrogen and oxygen atoms in total. The van der Waals surface area contributed by atoms with Crippen LogP contribution < -0.4 is 5.32 Å². The lowest BCUT2D eigenvalue weighted by molar-refractivity contribution is -0.385. The first-order valence-corrected chi connectivity index (χ1v) is 5.85. The van der Waals surface area contributed by atoms with E-state index in [9.17, 15) is 10.1 Å². The maximum absolute atomic E-state index is 10.6. The number of pyridine rings is 1. The fourth-order valence-electron chi connectivity index (χ4n) is 1.56. The third-order valence-electron chi connectivity index (χ3n) is 2.54. The van der Waals surface area contributed by atoms with Gasteiger partial charge in [-0.15, -0.1) is 0 Å². The van der Waals surface area contributed by atoms with Crippen LogP contribution in [0.2, 0.25) is 0 Å². The van der Waals surface area contributed by atoms with E-state index in [0.717, 1.165) is 13.0 Å². The van der Waals surface area contributed by atoms with Crippen molar-refractivity contribution in [1.82, 2.24) is 4.98 Å². The van der Waals surface area contributed by atoms with Gasteiger partial charge in [0, 0.05) is 12.1 Å². The number of nitro groups is 1. The Kier molecular flexibility index (Phi) is 4.87. The van der Waals surface area contributed by atoms with Gasteiger partial charge in [0.05, 0.1) is 4.92 Å². The lowest BCUT2D eigenvalue weighted by Crippen LogP contribution is -2.05. The number of hydrogen-bond donors (Lipinski definition) is 1. The molecule has 94 valence electrons. The average molecular weight is 237 g/mol. The van der Waals surface area contributed by atoms with E-state index in [4.69, 9.17) is 0 Å². The predicted octanol–water partition coefficient (Wildman–Crippen LogP) is 3.15. The van der Waals surface area contributed by atoms with Crippen LogP contribution in [0.1, 0.15) is 32.3 Å². The quantitative estimate of drug-likeness (QED) is 0.469. The minimum atomic E-state index is -0.412. The molecule has 0 amide bonds. The highest BCUT2D eigenvalue weighted by molar-refractivity contribution is 5.46. The smallest absolute Gasteiger partial charge is 0.290 e. The van der Waals surface area contributed by atoms with Gasteiger partial charge in [0.15, 0.2) is 0 Å². The van der Waals surface area contributed by atoms with Crippen LogP contribution in [-0.4, -0.2) is 16.5 Å². The molecule has 1 aromatic heterocycles. The highest BCUT2D eigenvalue weighted by Crippen LogP contribution is 2.18. The van der Waals surface area contributed by atoms with Gasteiger partial charge in [0.25, 0.3) is 5.69 Å². The van der Waals surface area contributed by atoms with Crippen LogP contribution >= 0.6 is 0 Å². The van der Waals surface area contributed by atoms with E-state index in [1.165, 1.54) is 12.6 Å². The molecule has 0 aromatic carbocycles. The third kappa shape index (κ3) is 4.38. The number of nitrogens with zero attached hydrogens (tertiary/aromatic N) is 2. The van der Waals surface area contributed by atoms with Gasteiger partial charge in [-0.2, -0.15) is 0 Å². The molecule has 0 radical (unpaired) electrons. The highest BCUT2D eigenvalue weighted by atomic mass is 16.6. The largest absolute Gasteiger partial charge is 0.370 e. The summed E-state index contributed by atoms with van der Waals surface area (Å²) < 4.78 is 0. The topological polar surface area (TPSA) is 68.1 Å². The predicted molar refractivity (Wildman–Crippen MR) is 68.2 cm³/mol. The van der Waals surface area contributed by atoms with Crippen molar-refractivity contribution < 1.29 is 4.92 Å². The Bertz CT molecular complexity index is 391. The Labute approximate surface area is 101 Å². The maximum atomic E-state index is 10.6. The Morgan fingerprint density at radius 1 is 1.53 bits per heavy atom. The highest BCUT2D eigenvalue weighted by Gasteiger charge is 2.10. The summed E-state index contributed by atoms with van der Waals surface area (Å²) in [7, 11) is 0. The van der Waals surface area contributed by atoms with E-state index in [2.05, 4.69) is 24.1 Å². The first kappa shape index (κ1) is 13.4. The van der Waals surface area contributed by atoms with Crippen molar-refractivity contribution in [3.8, 4) is 0 Å². The van der Waals surface area contributed by atoms with Gasteiger partial charge in [-0.3, -0.25) is 10.1 Å². The van der Waals surface area contributed by atoms with Crippen molar-refractivity contribution in [2.75, 3.05) is 11.9 Å². The number of anilines is 1. The summed E-state index contributed by atoms with van der Waals surface area (Å²) in [5.41, 5.74) is 0.703. The van der Waals surface area contributed by atoms with Crippen LogP contribution in [0.5, 0.6) is 0 Å². The van der Waals surface area contributed by atoms with Crippen molar-refractivity contribution >= 4 is 11.5 Å². The van der Waals surface area contributed by atoms with Crippen molar-refractivity contribution in [2.24, 2.45) is 5.92 Å². The zero-order valence-electron chi connectivity index (χ0n) is 10.6. The number of aryl methyl sites for hydroxylation is 1. The summed E-state index contributed by atoms with van der Waals surface area (Å²) in [5, 5.41) is 13.8. The second kappa shape index (κ2) is 6.18. The number of hydrogen-bond acceptors (Lipinski definition) is 4. The molecule has 0 fully saturated rings. The molecule has 0 aliphatic heterocycles. The summed E-state index contributed by atoms with van der Waals surface area (Å²) in [6, 6.07) is 1.72. The van der Waals surface area contributed by atoms with Crippen LogP contribution in [0.4, 0.5) is 11.5 Å². The monoisotopic (exact) mass is 237 g/mol. The van der Waals surface area contributed by atoms with Crippen LogP contribution in [0.15, 0.2) is 12.3 Å². The van der Waals surface area contributed by atoms with Crippen molar-refractivity contribution in [3.05, 3.63) is 27.9 Å². The van der Waals surface area contributed by atoms with Gasteiger partial charge in [0.1, 0.15) is 12.0 Å². The minimum Gasteiger partial charge on any atom is -0.370 e. The normalized spacial score (nSPS) is 10.6. The zero-order chi connectivity index (χ0) is 12.8. The molecule has 0 aliphatic rings. The lowest BCUT2D eigenvalue weighted by atomic mass is 10.1. The molecule has 0 aliphatic carbocycles. The molecule has 1 N–H and O–H groups in total. The molecule has 0 bridgehead atoms. The first-order chi connectivity index (χ1) is 8.00. The SMILES string of the molecule is Cc1cc(NCCCC(C)C)ncc1[N+](=O)[O-]. The van der Waals surface area contributed by atoms with Crippen molar-refractivity contribution in [1.29, 1.82) is 0 Å². The zero-order valence-corrected chi connectivity index (χ0v) is 10.6. The van der Waals surface area contributed by atoms with E-state index in [1.807, 2.05) is 0 Å². The maximum Gasteiger partial charge on any atom is 0.290 e. The van der Waals surface area contributed by atoms with Gasteiger partial charge in [0.2, 0.25) is 0 Å². The molecular formula is C12H19N3O2. The minimum absolute atomic E-state index is 0.0673. The van der Waals surface area contributed by atoms with Crippen LogP contribution in [0.3, 0.4) is 0 Å². The second-order valence-corrected chi connectivity index (χ2v) is 4.58. The standard InChI is InChI=1S/C12H19N3O2/c1-9(2)5-4-6-13-12-7-10(3)11(8-14-12)15(16)17/h7-9H,4-6H2,1-3H3,(H,13,14). The molecule has 5 heteroatoms. The Balaban J connectivity index is 2.50. The molecule has 0 spiro atoms. The number of rotatable bonds is 6. The second-order valence-electron chi connectivity index (χ2n) is 4.58. The van der Waals surface area contributed by atoms with Gasteiger partial charge >= 0.3 is 0 Å². The van der Waals surface area contributed by atoms with E-state index < -0.39 is 4.92 Å². The molecule has 0 unspecified atom stereocenters. The van der Waals surface area contributed by atoms with Crippen LogP contribution in [0.25, 0.3) is 0 Å². The summed E-state index contributed by atoms with van der Waals surface area (Å²) in [6.07, 6.45) is 3.55. The molecule has 17 heavy (non-hydrogen) atoms.